The molecule has 0 atom stereocenters. The molecular weight excluding hydrogens is 315 g/mol. The lowest BCUT2D eigenvalue weighted by atomic mass is 10.2. The molecule has 7 heteroatoms. The number of aryl methyl sites for hydroxylation is 1. The van der Waals surface area contributed by atoms with Crippen molar-refractivity contribution >= 4 is 27.1 Å². The molecule has 2 rings (SSSR count). The van der Waals surface area contributed by atoms with Crippen LogP contribution in [0, 0.1) is 5.82 Å². The van der Waals surface area contributed by atoms with Crippen molar-refractivity contribution in [1.82, 2.24) is 0 Å². The van der Waals surface area contributed by atoms with Crippen molar-refractivity contribution in [2.24, 2.45) is 0 Å². The number of thiophene rings is 1. The molecular formula is C14H13FO4S2. The Morgan fingerprint density at radius 1 is 1.24 bits per heavy atom. The van der Waals surface area contributed by atoms with Gasteiger partial charge in [-0.25, -0.2) is 17.6 Å². The maximum absolute atomic E-state index is 13.8. The van der Waals surface area contributed by atoms with Crippen molar-refractivity contribution in [3.63, 3.8) is 0 Å². The second-order valence-electron chi connectivity index (χ2n) is 4.43. The maximum Gasteiger partial charge on any atom is 0.335 e. The molecule has 0 spiro atoms. The topological polar surface area (TPSA) is 71.4 Å². The van der Waals surface area contributed by atoms with Crippen LogP contribution in [-0.4, -0.2) is 19.5 Å². The van der Waals surface area contributed by atoms with Crippen LogP contribution in [0.15, 0.2) is 35.2 Å². The van der Waals surface area contributed by atoms with Gasteiger partial charge in [0.1, 0.15) is 10.7 Å². The van der Waals surface area contributed by atoms with E-state index in [0.717, 1.165) is 29.5 Å². The van der Waals surface area contributed by atoms with Gasteiger partial charge in [-0.3, -0.25) is 0 Å². The van der Waals surface area contributed by atoms with Crippen LogP contribution < -0.4 is 0 Å². The zero-order chi connectivity index (χ0) is 15.6. The monoisotopic (exact) mass is 328 g/mol. The summed E-state index contributed by atoms with van der Waals surface area (Å²) in [6.07, 6.45) is 0.812. The fourth-order valence-electron chi connectivity index (χ4n) is 1.84. The molecule has 0 saturated heterocycles. The first-order chi connectivity index (χ1) is 9.83. The summed E-state index contributed by atoms with van der Waals surface area (Å²) in [5.74, 6) is -2.63. The van der Waals surface area contributed by atoms with Gasteiger partial charge >= 0.3 is 5.97 Å². The zero-order valence-electron chi connectivity index (χ0n) is 11.2. The fourth-order valence-corrected chi connectivity index (χ4v) is 4.55. The van der Waals surface area contributed by atoms with Gasteiger partial charge in [-0.1, -0.05) is 6.92 Å². The van der Waals surface area contributed by atoms with E-state index in [2.05, 4.69) is 0 Å². The minimum atomic E-state index is -3.84. The third kappa shape index (κ3) is 3.48. The summed E-state index contributed by atoms with van der Waals surface area (Å²) in [4.78, 5) is 11.9. The minimum Gasteiger partial charge on any atom is -0.478 e. The summed E-state index contributed by atoms with van der Waals surface area (Å²) in [6.45, 7) is 1.97. The molecule has 0 radical (unpaired) electrons. The van der Waals surface area contributed by atoms with Crippen molar-refractivity contribution < 1.29 is 22.7 Å². The van der Waals surface area contributed by atoms with E-state index in [9.17, 15) is 17.6 Å². The smallest absolute Gasteiger partial charge is 0.335 e. The van der Waals surface area contributed by atoms with E-state index in [4.69, 9.17) is 5.11 Å². The van der Waals surface area contributed by atoms with E-state index in [1.165, 1.54) is 11.3 Å². The molecule has 0 fully saturated rings. The number of sulfone groups is 1. The highest BCUT2D eigenvalue weighted by atomic mass is 32.2. The lowest BCUT2D eigenvalue weighted by Crippen LogP contribution is -2.08. The Bertz CT molecular complexity index is 778. The predicted molar refractivity (Wildman–Crippen MR) is 77.9 cm³/mol. The Labute approximate surface area is 125 Å². The summed E-state index contributed by atoms with van der Waals surface area (Å²) < 4.78 is 38.3. The molecule has 0 amide bonds. The molecule has 2 aromatic rings. The van der Waals surface area contributed by atoms with Crippen LogP contribution in [0.25, 0.3) is 0 Å². The average molecular weight is 328 g/mol. The lowest BCUT2D eigenvalue weighted by Gasteiger charge is -2.05. The van der Waals surface area contributed by atoms with Gasteiger partial charge in [-0.15, -0.1) is 11.3 Å². The largest absolute Gasteiger partial charge is 0.478 e. The molecule has 1 heterocycles. The Balaban J connectivity index is 2.33. The van der Waals surface area contributed by atoms with E-state index in [0.29, 0.717) is 4.88 Å². The van der Waals surface area contributed by atoms with E-state index in [1.807, 2.05) is 13.0 Å². The number of hydrogen-bond donors (Lipinski definition) is 1. The minimum absolute atomic E-state index is 0.282. The van der Waals surface area contributed by atoms with Crippen molar-refractivity contribution in [2.75, 3.05) is 0 Å². The third-order valence-electron chi connectivity index (χ3n) is 2.91. The average Bonchev–Trinajstić information content (AvgIpc) is 2.85. The van der Waals surface area contributed by atoms with Crippen LogP contribution >= 0.6 is 11.3 Å². The molecule has 4 nitrogen and oxygen atoms in total. The Hall–Kier alpha value is -1.73. The SMILES string of the molecule is CCc1ccc(CS(=O)(=O)c2ccc(C(=O)O)cc2F)s1. The van der Waals surface area contributed by atoms with Crippen molar-refractivity contribution in [3.8, 4) is 0 Å². The fraction of sp³-hybridized carbons (Fsp3) is 0.214. The molecule has 1 N–H and O–H groups in total. The Morgan fingerprint density at radius 3 is 2.43 bits per heavy atom. The number of aromatic carboxylic acids is 1. The van der Waals surface area contributed by atoms with E-state index < -0.39 is 26.5 Å². The van der Waals surface area contributed by atoms with E-state index in [-0.39, 0.29) is 11.3 Å². The van der Waals surface area contributed by atoms with Gasteiger partial charge in [0, 0.05) is 9.75 Å². The Morgan fingerprint density at radius 2 is 1.90 bits per heavy atom. The number of carbonyl (C=O) groups is 1. The molecule has 0 aliphatic heterocycles. The van der Waals surface area contributed by atoms with Crippen LogP contribution in [0.4, 0.5) is 4.39 Å². The van der Waals surface area contributed by atoms with Gasteiger partial charge in [0.15, 0.2) is 9.84 Å². The first-order valence-corrected chi connectivity index (χ1v) is 8.63. The first kappa shape index (κ1) is 15.7. The predicted octanol–water partition coefficient (Wildman–Crippen LogP) is 3.12. The molecule has 0 aliphatic rings. The second kappa shape index (κ2) is 5.95. The van der Waals surface area contributed by atoms with Crippen LogP contribution in [0.1, 0.15) is 27.0 Å². The second-order valence-corrected chi connectivity index (χ2v) is 7.64. The molecule has 112 valence electrons. The molecule has 0 bridgehead atoms. The van der Waals surface area contributed by atoms with Gasteiger partial charge in [0.25, 0.3) is 0 Å². The van der Waals surface area contributed by atoms with E-state index in [1.54, 1.807) is 6.07 Å². The van der Waals surface area contributed by atoms with Crippen LogP contribution in [0.2, 0.25) is 0 Å². The summed E-state index contributed by atoms with van der Waals surface area (Å²) in [7, 11) is -3.84. The number of halogens is 1. The highest BCUT2D eigenvalue weighted by Gasteiger charge is 2.22. The highest BCUT2D eigenvalue weighted by molar-refractivity contribution is 7.90. The van der Waals surface area contributed by atoms with Crippen molar-refractivity contribution in [2.45, 2.75) is 24.0 Å². The number of hydrogen-bond acceptors (Lipinski definition) is 4. The van der Waals surface area contributed by atoms with Crippen molar-refractivity contribution in [3.05, 3.63) is 51.5 Å². The maximum atomic E-state index is 13.8. The first-order valence-electron chi connectivity index (χ1n) is 6.16. The number of rotatable bonds is 5. The van der Waals surface area contributed by atoms with Gasteiger partial charge in [0.2, 0.25) is 0 Å². The summed E-state index contributed by atoms with van der Waals surface area (Å²) >= 11 is 1.37. The molecule has 0 aliphatic carbocycles. The molecule has 0 unspecified atom stereocenters. The van der Waals surface area contributed by atoms with Crippen LogP contribution in [-0.2, 0) is 22.0 Å². The summed E-state index contributed by atoms with van der Waals surface area (Å²) in [5.41, 5.74) is -0.282. The summed E-state index contributed by atoms with van der Waals surface area (Å²) in [6, 6.07) is 6.37. The van der Waals surface area contributed by atoms with Gasteiger partial charge in [0.05, 0.1) is 11.3 Å². The standard InChI is InChI=1S/C14H13FO4S2/c1-2-10-4-5-11(20-10)8-21(18,19)13-6-3-9(14(16)17)7-12(13)15/h3-7H,2,8H2,1H3,(H,16,17). The van der Waals surface area contributed by atoms with Gasteiger partial charge in [-0.2, -0.15) is 0 Å². The molecule has 0 saturated carbocycles. The third-order valence-corrected chi connectivity index (χ3v) is 6.02. The van der Waals surface area contributed by atoms with Crippen LogP contribution in [0.3, 0.4) is 0 Å². The summed E-state index contributed by atoms with van der Waals surface area (Å²) in [5, 5.41) is 8.75. The lowest BCUT2D eigenvalue weighted by molar-refractivity contribution is 0.0696. The van der Waals surface area contributed by atoms with Crippen molar-refractivity contribution in [1.29, 1.82) is 0 Å². The Kier molecular flexibility index (Phi) is 4.43. The quantitative estimate of drug-likeness (QED) is 0.915. The molecule has 21 heavy (non-hydrogen) atoms. The highest BCUT2D eigenvalue weighted by Crippen LogP contribution is 2.25. The molecule has 1 aromatic heterocycles. The van der Waals surface area contributed by atoms with Gasteiger partial charge in [-0.05, 0) is 36.8 Å². The number of carboxylic acids is 1. The van der Waals surface area contributed by atoms with E-state index >= 15 is 0 Å². The molecule has 1 aromatic carbocycles. The van der Waals surface area contributed by atoms with Crippen LogP contribution in [0.5, 0.6) is 0 Å². The normalized spacial score (nSPS) is 11.5. The number of carboxylic acid groups (broad SMARTS) is 1. The number of benzene rings is 1. The van der Waals surface area contributed by atoms with Gasteiger partial charge < -0.3 is 5.11 Å². The zero-order valence-corrected chi connectivity index (χ0v) is 12.8.